The van der Waals surface area contributed by atoms with Crippen LogP contribution in [0, 0.1) is 11.8 Å². The molecule has 3 unspecified atom stereocenters. The molecular formula is C126H245Cl2F3N4O15. The van der Waals surface area contributed by atoms with E-state index in [4.69, 9.17) is 69.0 Å². The van der Waals surface area contributed by atoms with Gasteiger partial charge in [-0.15, -0.1) is 23.2 Å². The number of nitrogens with two attached hydrogens (primary N) is 2. The van der Waals surface area contributed by atoms with E-state index in [-0.39, 0.29) is 60.4 Å². The van der Waals surface area contributed by atoms with Crippen molar-refractivity contribution in [3.05, 3.63) is 0 Å². The van der Waals surface area contributed by atoms with Crippen molar-refractivity contribution in [2.24, 2.45) is 23.3 Å². The number of aliphatic carboxylic acids is 3. The summed E-state index contributed by atoms with van der Waals surface area (Å²) in [4.78, 5) is 104. The number of unbranched alkanes of at least 4 members (excludes halogenated alkanes) is 77. The third kappa shape index (κ3) is 142. The van der Waals surface area contributed by atoms with Crippen LogP contribution < -0.4 is 22.1 Å². The van der Waals surface area contributed by atoms with E-state index in [0.29, 0.717) is 51.6 Å². The molecular weight excluding hydrogens is 1940 g/mol. The molecule has 0 saturated carbocycles. The number of carboxylic acid groups (broad SMARTS) is 3. The molecule has 1 aliphatic heterocycles. The van der Waals surface area contributed by atoms with E-state index in [0.717, 1.165) is 64.7 Å². The number of alkyl halides is 5. The molecule has 0 bridgehead atoms. The minimum atomic E-state index is -5.08. The first-order chi connectivity index (χ1) is 72.2. The molecule has 0 spiro atoms. The Morgan fingerprint density at radius 1 is 0.300 bits per heavy atom. The number of esters is 2. The van der Waals surface area contributed by atoms with Gasteiger partial charge >= 0.3 is 36.0 Å². The summed E-state index contributed by atoms with van der Waals surface area (Å²) in [6.45, 7) is 26.2. The van der Waals surface area contributed by atoms with Gasteiger partial charge in [0.2, 0.25) is 11.8 Å². The topological polar surface area (TPSA) is 318 Å². The maximum atomic E-state index is 13.1. The molecule has 1 aliphatic rings. The summed E-state index contributed by atoms with van der Waals surface area (Å²) in [5, 5.41) is 30.7. The molecule has 3 atom stereocenters. The molecule has 0 radical (unpaired) electrons. The fourth-order valence-electron chi connectivity index (χ4n) is 18.5. The Balaban J connectivity index is -0.000000474. The molecule has 150 heavy (non-hydrogen) atoms. The lowest BCUT2D eigenvalue weighted by molar-refractivity contribution is -0.192. The van der Waals surface area contributed by atoms with Crippen LogP contribution >= 0.6 is 23.2 Å². The molecule has 24 heteroatoms. The van der Waals surface area contributed by atoms with Gasteiger partial charge in [-0.1, -0.05) is 529 Å². The average molecular weight is 2180 g/mol. The predicted octanol–water partition coefficient (Wildman–Crippen LogP) is 38.5. The first-order valence-electron chi connectivity index (χ1n) is 63.1. The quantitative estimate of drug-likeness (QED) is 0.0169. The van der Waals surface area contributed by atoms with E-state index in [1.165, 1.54) is 494 Å². The summed E-state index contributed by atoms with van der Waals surface area (Å²) >= 11 is 9.53. The molecule has 2 amide bonds. The molecule has 0 aromatic heterocycles. The molecule has 1 saturated heterocycles. The summed E-state index contributed by atoms with van der Waals surface area (Å²) in [5.41, 5.74) is 10.3. The van der Waals surface area contributed by atoms with E-state index in [2.05, 4.69) is 45.3 Å². The van der Waals surface area contributed by atoms with Crippen molar-refractivity contribution in [2.45, 2.75) is 703 Å². The second-order valence-corrected chi connectivity index (χ2v) is 46.1. The molecule has 0 aromatic carbocycles. The van der Waals surface area contributed by atoms with E-state index in [9.17, 15) is 51.5 Å². The third-order valence-electron chi connectivity index (χ3n) is 27.8. The predicted molar refractivity (Wildman–Crippen MR) is 630 cm³/mol. The molecule has 19 nitrogen and oxygen atoms in total. The van der Waals surface area contributed by atoms with Crippen LogP contribution in [0.4, 0.5) is 13.2 Å². The van der Waals surface area contributed by atoms with Gasteiger partial charge in [0.1, 0.15) is 22.8 Å². The molecule has 894 valence electrons. The van der Waals surface area contributed by atoms with Crippen molar-refractivity contribution < 1.29 is 85.9 Å². The molecule has 0 aliphatic carbocycles. The highest BCUT2D eigenvalue weighted by Crippen LogP contribution is 2.26. The zero-order chi connectivity index (χ0) is 113. The molecule has 1 heterocycles. The largest absolute Gasteiger partial charge is 0.490 e. The van der Waals surface area contributed by atoms with Crippen molar-refractivity contribution in [2.75, 3.05) is 38.2 Å². The minimum Gasteiger partial charge on any atom is -0.481 e. The van der Waals surface area contributed by atoms with Crippen LogP contribution in [0.3, 0.4) is 0 Å². The maximum absolute atomic E-state index is 13.1. The second-order valence-electron chi connectivity index (χ2n) is 45.3. The molecule has 1 fully saturated rings. The number of hydrogen-bond donors (Lipinski definition) is 7. The van der Waals surface area contributed by atoms with E-state index in [1.807, 2.05) is 20.8 Å². The summed E-state index contributed by atoms with van der Waals surface area (Å²) in [6.07, 6.45) is 111. The van der Waals surface area contributed by atoms with Crippen molar-refractivity contribution in [3.8, 4) is 0 Å². The zero-order valence-electron chi connectivity index (χ0n) is 99.7. The highest BCUT2D eigenvalue weighted by atomic mass is 35.5. The minimum absolute atomic E-state index is 0.0362. The first-order valence-corrected chi connectivity index (χ1v) is 64.2. The fraction of sp³-hybridized carbons (Fsp3) is 0.929. The Morgan fingerprint density at radius 2 is 0.500 bits per heavy atom. The Labute approximate surface area is 931 Å². The standard InChI is InChI=1S/C48H93NO4.C42H84N2O2.C18H39N.C11H18O6.C4H8O.C2HF3O2.CH2Cl2/c1-6-8-10-12-14-16-18-20-22-24-25-27-29-31-33-35-37-39-45(50)41-40-44(43-46(51)53-48(3,4)5)47(52)49-42-38-36-34-32-30-28-26-23-21-19-17-15-13-11-9-7-2;1-3-5-7-9-11-13-15-17-19-21-22-24-26-28-30-32-34-36-40(45)37-38-41(43)42(46)44-39-35-33-31-29-27-25-23-20-18-16-14-12-10-8-6-4-2;1-2-3-4-5-6-7-8-9-10-11-12-13-14-15-16-17-18-19;1-11(2,3)17-9(14)6-7(10(15)16)4-5-8(12)13;1-2-4-5-3-1;3-2(4,5)1(6)7;2-1-3/h44H,6-43H2,1-5H3,(H,49,52);41H,3-39,43H2,1-2H3,(H,44,46);2-19H2,1H3;7H,4-6H2,1-3H3,(H,12,13)(H,15,16);1-4H2;(H,6,7);1H2. The van der Waals surface area contributed by atoms with Crippen LogP contribution in [0.2, 0.25) is 0 Å². The molecule has 0 aromatic rings. The number of carbonyl (C=O) groups is 9. The number of halogens is 5. The Morgan fingerprint density at radius 3 is 0.700 bits per heavy atom. The van der Waals surface area contributed by atoms with Crippen molar-refractivity contribution in [3.63, 3.8) is 0 Å². The molecule has 1 rings (SSSR count). The number of ketones is 2. The van der Waals surface area contributed by atoms with Gasteiger partial charge in [0.05, 0.1) is 30.1 Å². The van der Waals surface area contributed by atoms with Crippen LogP contribution in [0.5, 0.6) is 0 Å². The van der Waals surface area contributed by atoms with Crippen molar-refractivity contribution >= 4 is 76.4 Å². The summed E-state index contributed by atoms with van der Waals surface area (Å²) in [5.74, 6) is -7.26. The Hall–Kier alpha value is -4.12. The van der Waals surface area contributed by atoms with E-state index in [1.54, 1.807) is 20.8 Å². The number of Topliss-reactive ketones (excluding diaryl/α,β-unsaturated/α-hetero) is 2. The van der Waals surface area contributed by atoms with Gasteiger partial charge in [-0.3, -0.25) is 38.4 Å². The number of ether oxygens (including phenoxy) is 3. The van der Waals surface area contributed by atoms with Gasteiger partial charge < -0.3 is 51.6 Å². The Bertz CT molecular complexity index is 2840. The van der Waals surface area contributed by atoms with Gasteiger partial charge in [-0.05, 0) is 112 Å². The van der Waals surface area contributed by atoms with Gasteiger partial charge in [-0.2, -0.15) is 13.2 Å². The smallest absolute Gasteiger partial charge is 0.481 e. The lowest BCUT2D eigenvalue weighted by Gasteiger charge is -2.22. The third-order valence-corrected chi connectivity index (χ3v) is 27.8. The van der Waals surface area contributed by atoms with Crippen LogP contribution in [-0.4, -0.2) is 130 Å². The lowest BCUT2D eigenvalue weighted by atomic mass is 9.95. The van der Waals surface area contributed by atoms with E-state index < -0.39 is 59.1 Å². The number of amides is 2. The highest BCUT2D eigenvalue weighted by Gasteiger charge is 2.38. The maximum Gasteiger partial charge on any atom is 0.490 e. The van der Waals surface area contributed by atoms with Gasteiger partial charge in [0.25, 0.3) is 0 Å². The van der Waals surface area contributed by atoms with Gasteiger partial charge in [0, 0.05) is 64.3 Å². The van der Waals surface area contributed by atoms with Gasteiger partial charge in [-0.25, -0.2) is 4.79 Å². The number of carboxylic acids is 3. The molecule has 9 N–H and O–H groups in total. The van der Waals surface area contributed by atoms with Crippen molar-refractivity contribution in [1.82, 2.24) is 10.6 Å². The first kappa shape index (κ1) is 156. The SMILES string of the molecule is C1CCOC1.CC(C)(C)OC(=O)CC(CCC(=O)O)C(=O)O.CCCCCCCCCCCCCCCCCCCC(=O)CCC(CC(=O)OC(C)(C)C)C(=O)NCCCCCCCCCCCCCCCCCC.CCCCCCCCCCCCCCCCCCCC(=O)CCC(N)C(=O)NCCCCCCCCCCCCCCCCCC.CCCCCCCCCCCCCCCCCCN.ClCCl.O=C(O)C(F)(F)F. The second kappa shape index (κ2) is 125. The van der Waals surface area contributed by atoms with Gasteiger partial charge in [0.15, 0.2) is 0 Å². The Kier molecular flexibility index (Phi) is 130. The van der Waals surface area contributed by atoms with E-state index >= 15 is 0 Å². The lowest BCUT2D eigenvalue weighted by Crippen LogP contribution is -2.41. The number of hydrogen-bond acceptors (Lipinski definition) is 14. The summed E-state index contributed by atoms with van der Waals surface area (Å²) in [7, 11) is 0. The van der Waals surface area contributed by atoms with Crippen LogP contribution in [-0.2, 0) is 57.4 Å². The monoisotopic (exact) mass is 2180 g/mol. The fourth-order valence-corrected chi connectivity index (χ4v) is 18.5. The average Bonchev–Trinajstić information content (AvgIpc) is 0.932. The normalized spacial score (nSPS) is 12.3. The highest BCUT2D eigenvalue weighted by molar-refractivity contribution is 6.40. The number of nitrogens with one attached hydrogen (secondary N) is 2. The van der Waals surface area contributed by atoms with Crippen LogP contribution in [0.1, 0.15) is 680 Å². The van der Waals surface area contributed by atoms with Crippen LogP contribution in [0.15, 0.2) is 0 Å². The summed E-state index contributed by atoms with van der Waals surface area (Å²) < 4.78 is 47.2. The van der Waals surface area contributed by atoms with Crippen molar-refractivity contribution in [1.29, 1.82) is 0 Å². The van der Waals surface area contributed by atoms with Crippen LogP contribution in [0.25, 0.3) is 0 Å². The zero-order valence-corrected chi connectivity index (χ0v) is 101. The number of rotatable bonds is 102. The number of carbonyl (C=O) groups excluding carboxylic acids is 6. The summed E-state index contributed by atoms with van der Waals surface area (Å²) in [6, 6.07) is -0.555.